The van der Waals surface area contributed by atoms with Crippen molar-refractivity contribution in [2.75, 3.05) is 6.54 Å². The standard InChI is InChI=1S/C22H29N3O2/c26-21(24-15-16-6-5-12-23-14-16)19-10-4-7-17-11-13-25(22(27)20(17)19)18-8-2-1-3-9-18/h4-7,12,14,17-20H,1-3,8-11,13,15H2,(H,24,26)/t17-,19-,20+/m1/s1. The van der Waals surface area contributed by atoms with Gasteiger partial charge in [0.05, 0.1) is 11.8 Å². The maximum Gasteiger partial charge on any atom is 0.227 e. The number of nitrogens with zero attached hydrogens (tertiary/aromatic N) is 2. The normalized spacial score (nSPS) is 28.7. The van der Waals surface area contributed by atoms with Gasteiger partial charge in [-0.1, -0.05) is 37.5 Å². The van der Waals surface area contributed by atoms with E-state index in [9.17, 15) is 9.59 Å². The molecule has 1 saturated carbocycles. The van der Waals surface area contributed by atoms with Crippen molar-refractivity contribution in [2.45, 2.75) is 57.5 Å². The fraction of sp³-hybridized carbons (Fsp3) is 0.591. The first-order valence-corrected chi connectivity index (χ1v) is 10.4. The van der Waals surface area contributed by atoms with Crippen molar-refractivity contribution in [3.05, 3.63) is 42.2 Å². The molecular weight excluding hydrogens is 338 g/mol. The van der Waals surface area contributed by atoms with E-state index in [2.05, 4.69) is 27.4 Å². The lowest BCUT2D eigenvalue weighted by atomic mass is 9.70. The molecule has 1 saturated heterocycles. The van der Waals surface area contributed by atoms with Crippen LogP contribution in [-0.4, -0.2) is 34.3 Å². The average Bonchev–Trinajstić information content (AvgIpc) is 2.73. The summed E-state index contributed by atoms with van der Waals surface area (Å²) in [6, 6.07) is 4.21. The summed E-state index contributed by atoms with van der Waals surface area (Å²) in [6.07, 6.45) is 15.4. The topological polar surface area (TPSA) is 62.3 Å². The first-order chi connectivity index (χ1) is 13.2. The lowest BCUT2D eigenvalue weighted by Crippen LogP contribution is -2.55. The van der Waals surface area contributed by atoms with E-state index >= 15 is 0 Å². The number of likely N-dealkylation sites (tertiary alicyclic amines) is 1. The smallest absolute Gasteiger partial charge is 0.227 e. The van der Waals surface area contributed by atoms with Gasteiger partial charge in [0.15, 0.2) is 0 Å². The number of aromatic nitrogens is 1. The van der Waals surface area contributed by atoms with Gasteiger partial charge in [-0.05, 0) is 43.2 Å². The zero-order valence-electron chi connectivity index (χ0n) is 15.8. The molecule has 4 rings (SSSR count). The summed E-state index contributed by atoms with van der Waals surface area (Å²) >= 11 is 0. The number of carbonyl (C=O) groups is 2. The minimum absolute atomic E-state index is 0.00273. The Labute approximate surface area is 161 Å². The number of pyridine rings is 1. The van der Waals surface area contributed by atoms with Crippen LogP contribution in [0.25, 0.3) is 0 Å². The van der Waals surface area contributed by atoms with E-state index in [1.54, 1.807) is 12.4 Å². The number of nitrogens with one attached hydrogen (secondary N) is 1. The number of carbonyl (C=O) groups excluding carboxylic acids is 2. The summed E-state index contributed by atoms with van der Waals surface area (Å²) in [6.45, 7) is 1.31. The van der Waals surface area contributed by atoms with Crippen LogP contribution in [-0.2, 0) is 16.1 Å². The molecule has 144 valence electrons. The van der Waals surface area contributed by atoms with Gasteiger partial charge in [-0.25, -0.2) is 0 Å². The summed E-state index contributed by atoms with van der Waals surface area (Å²) < 4.78 is 0. The van der Waals surface area contributed by atoms with Crippen LogP contribution in [0.3, 0.4) is 0 Å². The monoisotopic (exact) mass is 367 g/mol. The Hall–Kier alpha value is -2.17. The van der Waals surface area contributed by atoms with Gasteiger partial charge in [-0.15, -0.1) is 0 Å². The highest BCUT2D eigenvalue weighted by atomic mass is 16.2. The first kappa shape index (κ1) is 18.2. The second-order valence-corrected chi connectivity index (χ2v) is 8.15. The molecular formula is C22H29N3O2. The molecule has 3 atom stereocenters. The molecule has 2 aliphatic carbocycles. The van der Waals surface area contributed by atoms with E-state index < -0.39 is 0 Å². The molecule has 0 aromatic carbocycles. The van der Waals surface area contributed by atoms with Crippen LogP contribution in [0.15, 0.2) is 36.7 Å². The molecule has 0 unspecified atom stereocenters. The quantitative estimate of drug-likeness (QED) is 0.832. The number of fused-ring (bicyclic) bond motifs is 1. The van der Waals surface area contributed by atoms with Gasteiger partial charge in [-0.3, -0.25) is 14.6 Å². The predicted molar refractivity (Wildman–Crippen MR) is 104 cm³/mol. The van der Waals surface area contributed by atoms with Crippen LogP contribution < -0.4 is 5.32 Å². The highest BCUT2D eigenvalue weighted by molar-refractivity contribution is 5.89. The van der Waals surface area contributed by atoms with E-state index in [1.165, 1.54) is 19.3 Å². The van der Waals surface area contributed by atoms with Crippen molar-refractivity contribution in [3.8, 4) is 0 Å². The van der Waals surface area contributed by atoms with Crippen LogP contribution in [0, 0.1) is 17.8 Å². The van der Waals surface area contributed by atoms with Crippen LogP contribution in [0.2, 0.25) is 0 Å². The third-order valence-electron chi connectivity index (χ3n) is 6.48. The first-order valence-electron chi connectivity index (χ1n) is 10.4. The van der Waals surface area contributed by atoms with Crippen molar-refractivity contribution in [2.24, 2.45) is 17.8 Å². The molecule has 1 aliphatic heterocycles. The highest BCUT2D eigenvalue weighted by Crippen LogP contribution is 2.39. The number of hydrogen-bond acceptors (Lipinski definition) is 3. The lowest BCUT2D eigenvalue weighted by molar-refractivity contribution is -0.150. The van der Waals surface area contributed by atoms with Gasteiger partial charge in [0.25, 0.3) is 0 Å². The van der Waals surface area contributed by atoms with Gasteiger partial charge >= 0.3 is 0 Å². The summed E-state index contributed by atoms with van der Waals surface area (Å²) in [5, 5.41) is 3.03. The summed E-state index contributed by atoms with van der Waals surface area (Å²) in [5.41, 5.74) is 0.979. The number of piperidine rings is 1. The van der Waals surface area contributed by atoms with Crippen LogP contribution >= 0.6 is 0 Å². The molecule has 1 N–H and O–H groups in total. The number of allylic oxidation sites excluding steroid dienone is 2. The largest absolute Gasteiger partial charge is 0.352 e. The molecule has 0 bridgehead atoms. The van der Waals surface area contributed by atoms with E-state index in [0.717, 1.165) is 31.4 Å². The minimum atomic E-state index is -0.254. The highest BCUT2D eigenvalue weighted by Gasteiger charge is 2.45. The van der Waals surface area contributed by atoms with Crippen molar-refractivity contribution in [3.63, 3.8) is 0 Å². The second kappa shape index (κ2) is 8.24. The summed E-state index contributed by atoms with van der Waals surface area (Å²) in [4.78, 5) is 32.5. The molecule has 2 heterocycles. The predicted octanol–water partition coefficient (Wildman–Crippen LogP) is 3.07. The Morgan fingerprint density at radius 2 is 2.07 bits per heavy atom. The van der Waals surface area contributed by atoms with Crippen molar-refractivity contribution in [1.82, 2.24) is 15.2 Å². The van der Waals surface area contributed by atoms with E-state index in [1.807, 2.05) is 12.1 Å². The van der Waals surface area contributed by atoms with Gasteiger partial charge in [0.1, 0.15) is 0 Å². The minimum Gasteiger partial charge on any atom is -0.352 e. The Bertz CT molecular complexity index is 697. The van der Waals surface area contributed by atoms with Crippen LogP contribution in [0.4, 0.5) is 0 Å². The summed E-state index contributed by atoms with van der Waals surface area (Å²) in [5.74, 6) is -0.0311. The molecule has 0 spiro atoms. The Kier molecular flexibility index (Phi) is 5.55. The molecule has 0 radical (unpaired) electrons. The molecule has 1 aromatic rings. The maximum atomic E-state index is 13.4. The zero-order valence-corrected chi connectivity index (χ0v) is 15.8. The molecule has 27 heavy (non-hydrogen) atoms. The molecule has 5 heteroatoms. The van der Waals surface area contributed by atoms with E-state index in [4.69, 9.17) is 0 Å². The molecule has 2 fully saturated rings. The molecule has 1 aromatic heterocycles. The Morgan fingerprint density at radius 1 is 1.22 bits per heavy atom. The summed E-state index contributed by atoms with van der Waals surface area (Å²) in [7, 11) is 0. The number of amides is 2. The van der Waals surface area contributed by atoms with Crippen LogP contribution in [0.1, 0.15) is 50.5 Å². The zero-order chi connectivity index (χ0) is 18.6. The maximum absolute atomic E-state index is 13.4. The average molecular weight is 367 g/mol. The molecule has 2 amide bonds. The Balaban J connectivity index is 1.45. The van der Waals surface area contributed by atoms with Crippen LogP contribution in [0.5, 0.6) is 0 Å². The van der Waals surface area contributed by atoms with E-state index in [-0.39, 0.29) is 29.6 Å². The van der Waals surface area contributed by atoms with E-state index in [0.29, 0.717) is 19.0 Å². The van der Waals surface area contributed by atoms with Crippen molar-refractivity contribution in [1.29, 1.82) is 0 Å². The third kappa shape index (κ3) is 3.92. The van der Waals surface area contributed by atoms with Gasteiger partial charge < -0.3 is 10.2 Å². The van der Waals surface area contributed by atoms with Crippen molar-refractivity contribution < 1.29 is 9.59 Å². The second-order valence-electron chi connectivity index (χ2n) is 8.15. The fourth-order valence-corrected chi connectivity index (χ4v) is 5.03. The lowest BCUT2D eigenvalue weighted by Gasteiger charge is -2.45. The third-order valence-corrected chi connectivity index (χ3v) is 6.48. The number of hydrogen-bond donors (Lipinski definition) is 1. The van der Waals surface area contributed by atoms with Gasteiger partial charge in [0.2, 0.25) is 11.8 Å². The number of rotatable bonds is 4. The van der Waals surface area contributed by atoms with Gasteiger partial charge in [-0.2, -0.15) is 0 Å². The van der Waals surface area contributed by atoms with Crippen molar-refractivity contribution >= 4 is 11.8 Å². The molecule has 3 aliphatic rings. The van der Waals surface area contributed by atoms with Gasteiger partial charge in [0, 0.05) is 31.5 Å². The Morgan fingerprint density at radius 3 is 2.85 bits per heavy atom. The fourth-order valence-electron chi connectivity index (χ4n) is 5.03. The molecule has 5 nitrogen and oxygen atoms in total. The SMILES string of the molecule is O=C(NCc1cccnc1)[C@@H]1CC=C[C@@H]2CCN(C3CCCCC3)C(=O)[C@@H]21.